The van der Waals surface area contributed by atoms with Gasteiger partial charge in [0.05, 0.1) is 42.7 Å². The predicted molar refractivity (Wildman–Crippen MR) is 127 cm³/mol. The Morgan fingerprint density at radius 2 is 1.12 bits per heavy atom. The molecule has 1 atom stereocenters. The molecule has 0 aliphatic heterocycles. The second kappa shape index (κ2) is 12.5. The van der Waals surface area contributed by atoms with Crippen molar-refractivity contribution < 1.29 is 37.8 Å². The van der Waals surface area contributed by atoms with Crippen LogP contribution < -0.4 is 33.1 Å². The average molecular weight is 478 g/mol. The van der Waals surface area contributed by atoms with E-state index in [0.29, 0.717) is 45.6 Å². The molecular formula is C23H27NO8S. The molecule has 0 aromatic heterocycles. The van der Waals surface area contributed by atoms with Gasteiger partial charge >= 0.3 is 0 Å². The summed E-state index contributed by atoms with van der Waals surface area (Å²) in [5.74, 6) is 2.17. The average Bonchev–Trinajstić information content (AvgIpc) is 2.84. The van der Waals surface area contributed by atoms with Gasteiger partial charge in [-0.25, -0.2) is 0 Å². The second-order valence-electron chi connectivity index (χ2n) is 6.32. The van der Waals surface area contributed by atoms with E-state index in [1.807, 2.05) is 0 Å². The van der Waals surface area contributed by atoms with E-state index in [0.717, 1.165) is 0 Å². The summed E-state index contributed by atoms with van der Waals surface area (Å²) >= 11 is -1.76. The SMILES string of the molecule is COc1cc(C=CC(=O)N[S+]([O-])C=Cc2cc(OC)c(OC)c(OC)c2)cc(OC)c1OC. The molecule has 178 valence electrons. The highest BCUT2D eigenvalue weighted by Crippen LogP contribution is 2.39. The fraction of sp³-hybridized carbons (Fsp3) is 0.261. The molecule has 1 N–H and O–H groups in total. The zero-order valence-corrected chi connectivity index (χ0v) is 20.1. The summed E-state index contributed by atoms with van der Waals surface area (Å²) in [6.07, 6.45) is 4.37. The first-order chi connectivity index (χ1) is 15.9. The minimum absolute atomic E-state index is 0.444. The molecule has 10 heteroatoms. The number of rotatable bonds is 11. The van der Waals surface area contributed by atoms with E-state index in [9.17, 15) is 9.35 Å². The van der Waals surface area contributed by atoms with Crippen molar-refractivity contribution >= 4 is 29.4 Å². The third-order valence-electron chi connectivity index (χ3n) is 4.39. The quantitative estimate of drug-likeness (QED) is 0.388. The largest absolute Gasteiger partial charge is 0.588 e. The van der Waals surface area contributed by atoms with Crippen LogP contribution in [0.4, 0.5) is 0 Å². The maximum atomic E-state index is 12.3. The Morgan fingerprint density at radius 3 is 1.48 bits per heavy atom. The number of ether oxygens (including phenoxy) is 6. The Kier molecular flexibility index (Phi) is 9.77. The molecule has 0 spiro atoms. The van der Waals surface area contributed by atoms with Crippen molar-refractivity contribution in [1.29, 1.82) is 0 Å². The number of amides is 1. The zero-order valence-electron chi connectivity index (χ0n) is 19.3. The van der Waals surface area contributed by atoms with Crippen LogP contribution in [-0.4, -0.2) is 53.1 Å². The molecule has 1 unspecified atom stereocenters. The molecule has 0 aliphatic rings. The molecule has 0 radical (unpaired) electrons. The molecule has 0 saturated carbocycles. The number of hydrogen-bond acceptors (Lipinski definition) is 8. The normalized spacial score (nSPS) is 11.8. The van der Waals surface area contributed by atoms with Gasteiger partial charge in [-0.3, -0.25) is 4.79 Å². The highest BCUT2D eigenvalue weighted by atomic mass is 32.2. The van der Waals surface area contributed by atoms with Crippen molar-refractivity contribution in [1.82, 2.24) is 4.72 Å². The minimum Gasteiger partial charge on any atom is -0.588 e. The van der Waals surface area contributed by atoms with Crippen LogP contribution in [0.2, 0.25) is 0 Å². The van der Waals surface area contributed by atoms with E-state index in [2.05, 4.69) is 4.72 Å². The maximum Gasteiger partial charge on any atom is 0.285 e. The standard InChI is InChI=1S/C23H27NO8S/c1-27-17-11-15(12-18(28-2)22(17)31-5)7-8-21(25)24-33(26)10-9-16-13-19(29-3)23(32-6)20(14-16)30-4/h7-14H,1-6H3,(H,24,25). The summed E-state index contributed by atoms with van der Waals surface area (Å²) in [5, 5.41) is 1.34. The molecule has 0 bridgehead atoms. The van der Waals surface area contributed by atoms with E-state index >= 15 is 0 Å². The van der Waals surface area contributed by atoms with Crippen LogP contribution in [0.3, 0.4) is 0 Å². The first-order valence-electron chi connectivity index (χ1n) is 9.58. The topological polar surface area (TPSA) is 108 Å². The van der Waals surface area contributed by atoms with Gasteiger partial charge in [0.2, 0.25) is 11.5 Å². The molecule has 2 aromatic rings. The number of benzene rings is 2. The summed E-state index contributed by atoms with van der Waals surface area (Å²) in [7, 11) is 9.02. The van der Waals surface area contributed by atoms with Gasteiger partial charge in [0.15, 0.2) is 23.0 Å². The minimum atomic E-state index is -1.76. The van der Waals surface area contributed by atoms with Gasteiger partial charge in [-0.1, -0.05) is 0 Å². The van der Waals surface area contributed by atoms with Crippen molar-refractivity contribution in [2.75, 3.05) is 42.7 Å². The first kappa shape index (κ1) is 25.8. The van der Waals surface area contributed by atoms with Crippen LogP contribution in [0.1, 0.15) is 11.1 Å². The third-order valence-corrected chi connectivity index (χ3v) is 5.17. The lowest BCUT2D eigenvalue weighted by Gasteiger charge is -2.13. The molecule has 0 fully saturated rings. The fourth-order valence-electron chi connectivity index (χ4n) is 2.87. The lowest BCUT2D eigenvalue weighted by Crippen LogP contribution is -2.26. The van der Waals surface area contributed by atoms with Gasteiger partial charge < -0.3 is 33.0 Å². The molecule has 1 amide bonds. The Bertz CT molecular complexity index is 972. The Labute approximate surface area is 196 Å². The molecule has 0 aliphatic carbocycles. The third kappa shape index (κ3) is 6.74. The maximum absolute atomic E-state index is 12.3. The summed E-state index contributed by atoms with van der Waals surface area (Å²) < 4.78 is 46.3. The van der Waals surface area contributed by atoms with E-state index < -0.39 is 17.3 Å². The van der Waals surface area contributed by atoms with Crippen molar-refractivity contribution in [3.8, 4) is 34.5 Å². The summed E-state index contributed by atoms with van der Waals surface area (Å²) in [6, 6.07) is 6.77. The van der Waals surface area contributed by atoms with E-state index in [4.69, 9.17) is 28.4 Å². The molecule has 33 heavy (non-hydrogen) atoms. The van der Waals surface area contributed by atoms with E-state index in [-0.39, 0.29) is 0 Å². The van der Waals surface area contributed by atoms with Crippen molar-refractivity contribution in [3.05, 3.63) is 46.9 Å². The van der Waals surface area contributed by atoms with Gasteiger partial charge in [0.1, 0.15) is 16.8 Å². The van der Waals surface area contributed by atoms with E-state index in [1.165, 1.54) is 54.1 Å². The summed E-state index contributed by atoms with van der Waals surface area (Å²) in [4.78, 5) is 12.2. The zero-order chi connectivity index (χ0) is 24.4. The lowest BCUT2D eigenvalue weighted by molar-refractivity contribution is -0.114. The van der Waals surface area contributed by atoms with Crippen molar-refractivity contribution in [2.24, 2.45) is 0 Å². The molecule has 9 nitrogen and oxygen atoms in total. The fourth-order valence-corrected chi connectivity index (χ4v) is 3.49. The number of carbonyl (C=O) groups excluding carboxylic acids is 1. The van der Waals surface area contributed by atoms with E-state index in [1.54, 1.807) is 36.4 Å². The van der Waals surface area contributed by atoms with Crippen LogP contribution in [0, 0.1) is 0 Å². The highest BCUT2D eigenvalue weighted by molar-refractivity contribution is 7.93. The lowest BCUT2D eigenvalue weighted by atomic mass is 10.1. The smallest absolute Gasteiger partial charge is 0.285 e. The molecule has 2 rings (SSSR count). The molecule has 0 heterocycles. The molecule has 0 saturated heterocycles. The highest BCUT2D eigenvalue weighted by Gasteiger charge is 2.14. The van der Waals surface area contributed by atoms with Crippen LogP contribution in [0.5, 0.6) is 34.5 Å². The van der Waals surface area contributed by atoms with Gasteiger partial charge in [-0.15, -0.1) is 0 Å². The van der Waals surface area contributed by atoms with Gasteiger partial charge in [0, 0.05) is 6.08 Å². The predicted octanol–water partition coefficient (Wildman–Crippen LogP) is 3.20. The number of methoxy groups -OCH3 is 6. The molecular weight excluding hydrogens is 450 g/mol. The Hall–Kier alpha value is -3.50. The van der Waals surface area contributed by atoms with Crippen LogP contribution in [-0.2, 0) is 16.2 Å². The van der Waals surface area contributed by atoms with Crippen molar-refractivity contribution in [2.45, 2.75) is 0 Å². The number of hydrogen-bond donors (Lipinski definition) is 1. The van der Waals surface area contributed by atoms with Crippen LogP contribution >= 0.6 is 0 Å². The van der Waals surface area contributed by atoms with Crippen molar-refractivity contribution in [3.63, 3.8) is 0 Å². The Balaban J connectivity index is 2.09. The van der Waals surface area contributed by atoms with Gasteiger partial charge in [-0.05, 0) is 47.5 Å². The van der Waals surface area contributed by atoms with Crippen LogP contribution in [0.25, 0.3) is 12.2 Å². The van der Waals surface area contributed by atoms with Gasteiger partial charge in [0.25, 0.3) is 5.91 Å². The Morgan fingerprint density at radius 1 is 0.727 bits per heavy atom. The monoisotopic (exact) mass is 477 g/mol. The number of carbonyl (C=O) groups is 1. The summed E-state index contributed by atoms with van der Waals surface area (Å²) in [6.45, 7) is 0. The van der Waals surface area contributed by atoms with Crippen LogP contribution in [0.15, 0.2) is 35.7 Å². The number of nitrogens with one attached hydrogen (secondary N) is 1. The summed E-state index contributed by atoms with van der Waals surface area (Å²) in [5.41, 5.74) is 1.29. The molecule has 2 aromatic carbocycles. The van der Waals surface area contributed by atoms with Gasteiger partial charge in [-0.2, -0.15) is 4.72 Å². The second-order valence-corrected chi connectivity index (χ2v) is 7.39. The first-order valence-corrected chi connectivity index (χ1v) is 10.8.